The minimum absolute atomic E-state index is 0.295. The number of carbonyl (C=O) groups excluding carboxylic acids is 1. The van der Waals surface area contributed by atoms with Crippen molar-refractivity contribution in [3.63, 3.8) is 0 Å². The lowest BCUT2D eigenvalue weighted by Crippen LogP contribution is -2.36. The Morgan fingerprint density at radius 3 is 2.65 bits per heavy atom. The molecule has 2 N–H and O–H groups in total. The molecular weight excluding hydrogens is 212 g/mol. The predicted octanol–water partition coefficient (Wildman–Crippen LogP) is 2.22. The molecule has 1 heterocycles. The molecule has 0 bridgehead atoms. The molecule has 1 saturated carbocycles. The van der Waals surface area contributed by atoms with Crippen LogP contribution in [0.1, 0.15) is 57.8 Å². The van der Waals surface area contributed by atoms with E-state index in [1.165, 1.54) is 38.5 Å². The van der Waals surface area contributed by atoms with Gasteiger partial charge in [-0.15, -0.1) is 0 Å². The molecule has 2 aliphatic rings. The zero-order chi connectivity index (χ0) is 11.9. The monoisotopic (exact) mass is 238 g/mol. The van der Waals surface area contributed by atoms with E-state index in [0.717, 1.165) is 32.4 Å². The first kappa shape index (κ1) is 12.9. The van der Waals surface area contributed by atoms with Crippen molar-refractivity contribution in [1.82, 2.24) is 10.6 Å². The van der Waals surface area contributed by atoms with E-state index in [2.05, 4.69) is 10.6 Å². The second-order valence-corrected chi connectivity index (χ2v) is 5.65. The predicted molar refractivity (Wildman–Crippen MR) is 69.8 cm³/mol. The molecule has 0 spiro atoms. The van der Waals surface area contributed by atoms with Gasteiger partial charge in [0.1, 0.15) is 0 Å². The summed E-state index contributed by atoms with van der Waals surface area (Å²) in [5.41, 5.74) is 0. The van der Waals surface area contributed by atoms with Crippen LogP contribution in [0.3, 0.4) is 0 Å². The summed E-state index contributed by atoms with van der Waals surface area (Å²) in [7, 11) is 0. The van der Waals surface area contributed by atoms with Crippen molar-refractivity contribution in [3.05, 3.63) is 0 Å². The van der Waals surface area contributed by atoms with Gasteiger partial charge in [-0.05, 0) is 51.1 Å². The average molecular weight is 238 g/mol. The number of carbonyl (C=O) groups is 1. The number of hydrogen-bond donors (Lipinski definition) is 2. The average Bonchev–Trinajstić information content (AvgIpc) is 2.59. The molecule has 0 aromatic heterocycles. The molecule has 1 unspecified atom stereocenters. The van der Waals surface area contributed by atoms with Crippen LogP contribution in [0.25, 0.3) is 0 Å². The van der Waals surface area contributed by atoms with E-state index >= 15 is 0 Å². The normalized spacial score (nSPS) is 27.4. The highest BCUT2D eigenvalue weighted by atomic mass is 16.1. The van der Waals surface area contributed by atoms with Crippen LogP contribution < -0.4 is 10.6 Å². The fourth-order valence-corrected chi connectivity index (χ4v) is 3.10. The largest absolute Gasteiger partial charge is 0.353 e. The molecule has 98 valence electrons. The molecule has 1 amide bonds. The second kappa shape index (κ2) is 7.00. The maximum absolute atomic E-state index is 12.0. The highest BCUT2D eigenvalue weighted by Gasteiger charge is 2.19. The van der Waals surface area contributed by atoms with Gasteiger partial charge in [0.05, 0.1) is 0 Å². The number of nitrogens with one attached hydrogen (secondary N) is 2. The van der Waals surface area contributed by atoms with Crippen molar-refractivity contribution in [2.45, 2.75) is 63.8 Å². The van der Waals surface area contributed by atoms with Crippen molar-refractivity contribution >= 4 is 5.91 Å². The molecule has 0 aromatic carbocycles. The Kier molecular flexibility index (Phi) is 5.30. The SMILES string of the molecule is O=C(CC1CCCCC1)NC1CCCNCC1. The summed E-state index contributed by atoms with van der Waals surface area (Å²) in [6, 6.07) is 0.418. The number of amides is 1. The van der Waals surface area contributed by atoms with Gasteiger partial charge < -0.3 is 10.6 Å². The van der Waals surface area contributed by atoms with E-state index in [1.54, 1.807) is 0 Å². The molecule has 3 heteroatoms. The first-order valence-corrected chi connectivity index (χ1v) is 7.34. The van der Waals surface area contributed by atoms with E-state index < -0.39 is 0 Å². The Bertz CT molecular complexity index is 228. The Hall–Kier alpha value is -0.570. The minimum atomic E-state index is 0.295. The summed E-state index contributed by atoms with van der Waals surface area (Å²) in [6.45, 7) is 2.16. The van der Waals surface area contributed by atoms with E-state index in [1.807, 2.05) is 0 Å². The van der Waals surface area contributed by atoms with Gasteiger partial charge in [-0.25, -0.2) is 0 Å². The molecule has 3 nitrogen and oxygen atoms in total. The highest BCUT2D eigenvalue weighted by molar-refractivity contribution is 5.76. The summed E-state index contributed by atoms with van der Waals surface area (Å²) < 4.78 is 0. The van der Waals surface area contributed by atoms with Crippen LogP contribution in [0.2, 0.25) is 0 Å². The molecule has 17 heavy (non-hydrogen) atoms. The lowest BCUT2D eigenvalue weighted by molar-refractivity contribution is -0.123. The van der Waals surface area contributed by atoms with Crippen molar-refractivity contribution in [2.24, 2.45) is 5.92 Å². The summed E-state index contributed by atoms with van der Waals surface area (Å²) in [6.07, 6.45) is 10.7. The molecule has 1 aliphatic carbocycles. The topological polar surface area (TPSA) is 41.1 Å². The Morgan fingerprint density at radius 1 is 1.00 bits per heavy atom. The van der Waals surface area contributed by atoms with Crippen LogP contribution in [0.4, 0.5) is 0 Å². The van der Waals surface area contributed by atoms with Gasteiger partial charge in [0.15, 0.2) is 0 Å². The van der Waals surface area contributed by atoms with Gasteiger partial charge in [0.2, 0.25) is 5.91 Å². The second-order valence-electron chi connectivity index (χ2n) is 5.65. The first-order valence-electron chi connectivity index (χ1n) is 7.34. The molecular formula is C14H26N2O. The van der Waals surface area contributed by atoms with Crippen LogP contribution in [0, 0.1) is 5.92 Å². The van der Waals surface area contributed by atoms with Gasteiger partial charge in [-0.2, -0.15) is 0 Å². The first-order chi connectivity index (χ1) is 8.34. The maximum Gasteiger partial charge on any atom is 0.220 e. The molecule has 2 fully saturated rings. The minimum Gasteiger partial charge on any atom is -0.353 e. The molecule has 1 atom stereocenters. The quantitative estimate of drug-likeness (QED) is 0.791. The molecule has 1 saturated heterocycles. The van der Waals surface area contributed by atoms with Crippen LogP contribution in [-0.4, -0.2) is 25.0 Å². The lowest BCUT2D eigenvalue weighted by atomic mass is 9.87. The Morgan fingerprint density at radius 2 is 1.82 bits per heavy atom. The molecule has 1 aliphatic heterocycles. The van der Waals surface area contributed by atoms with Gasteiger partial charge in [0.25, 0.3) is 0 Å². The maximum atomic E-state index is 12.0. The van der Waals surface area contributed by atoms with Crippen LogP contribution in [0.15, 0.2) is 0 Å². The number of rotatable bonds is 3. The fraction of sp³-hybridized carbons (Fsp3) is 0.929. The van der Waals surface area contributed by atoms with Crippen molar-refractivity contribution in [2.75, 3.05) is 13.1 Å². The van der Waals surface area contributed by atoms with Crippen molar-refractivity contribution in [3.8, 4) is 0 Å². The Balaban J connectivity index is 1.68. The highest BCUT2D eigenvalue weighted by Crippen LogP contribution is 2.26. The zero-order valence-corrected chi connectivity index (χ0v) is 10.8. The zero-order valence-electron chi connectivity index (χ0n) is 10.8. The number of hydrogen-bond acceptors (Lipinski definition) is 2. The van der Waals surface area contributed by atoms with Crippen LogP contribution >= 0.6 is 0 Å². The third-order valence-corrected chi connectivity index (χ3v) is 4.14. The van der Waals surface area contributed by atoms with Crippen molar-refractivity contribution < 1.29 is 4.79 Å². The van der Waals surface area contributed by atoms with Crippen LogP contribution in [0.5, 0.6) is 0 Å². The Labute approximate surface area is 105 Å². The third kappa shape index (κ3) is 4.66. The fourth-order valence-electron chi connectivity index (χ4n) is 3.10. The lowest BCUT2D eigenvalue weighted by Gasteiger charge is -2.22. The van der Waals surface area contributed by atoms with Gasteiger partial charge >= 0.3 is 0 Å². The van der Waals surface area contributed by atoms with Gasteiger partial charge in [0, 0.05) is 12.5 Å². The summed E-state index contributed by atoms with van der Waals surface area (Å²) >= 11 is 0. The van der Waals surface area contributed by atoms with Crippen LogP contribution in [-0.2, 0) is 4.79 Å². The van der Waals surface area contributed by atoms with Crippen molar-refractivity contribution in [1.29, 1.82) is 0 Å². The molecule has 2 rings (SSSR count). The van der Waals surface area contributed by atoms with E-state index in [0.29, 0.717) is 17.9 Å². The van der Waals surface area contributed by atoms with E-state index in [4.69, 9.17) is 0 Å². The van der Waals surface area contributed by atoms with E-state index in [-0.39, 0.29) is 0 Å². The summed E-state index contributed by atoms with van der Waals surface area (Å²) in [4.78, 5) is 12.0. The standard InChI is InChI=1S/C14H26N2O/c17-14(11-12-5-2-1-3-6-12)16-13-7-4-9-15-10-8-13/h12-13,15H,1-11H2,(H,16,17). The van der Waals surface area contributed by atoms with Gasteiger partial charge in [-0.1, -0.05) is 19.3 Å². The smallest absolute Gasteiger partial charge is 0.220 e. The summed E-state index contributed by atoms with van der Waals surface area (Å²) in [5.74, 6) is 0.955. The summed E-state index contributed by atoms with van der Waals surface area (Å²) in [5, 5.41) is 6.61. The third-order valence-electron chi connectivity index (χ3n) is 4.14. The van der Waals surface area contributed by atoms with E-state index in [9.17, 15) is 4.79 Å². The molecule has 0 aromatic rings. The van der Waals surface area contributed by atoms with Gasteiger partial charge in [-0.3, -0.25) is 4.79 Å². The molecule has 0 radical (unpaired) electrons.